The summed E-state index contributed by atoms with van der Waals surface area (Å²) in [4.78, 5) is 37.1. The van der Waals surface area contributed by atoms with Gasteiger partial charge in [0.15, 0.2) is 0 Å². The molecule has 0 aliphatic carbocycles. The van der Waals surface area contributed by atoms with E-state index in [1.807, 2.05) is 0 Å². The van der Waals surface area contributed by atoms with Crippen molar-refractivity contribution >= 4 is 33.4 Å². The average Bonchev–Trinajstić information content (AvgIpc) is 3.01. The van der Waals surface area contributed by atoms with Gasteiger partial charge in [-0.3, -0.25) is 19.3 Å². The molecule has 1 saturated heterocycles. The first kappa shape index (κ1) is 20.7. The van der Waals surface area contributed by atoms with Crippen LogP contribution in [0.1, 0.15) is 35.7 Å². The smallest absolute Gasteiger partial charge is 0.255 e. The molecule has 1 fully saturated rings. The van der Waals surface area contributed by atoms with E-state index < -0.39 is 15.9 Å². The number of anilines is 1. The fourth-order valence-corrected chi connectivity index (χ4v) is 4.04. The Hall–Kier alpha value is -3.04. The Morgan fingerprint density at radius 1 is 1.03 bits per heavy atom. The number of imide groups is 1. The van der Waals surface area contributed by atoms with E-state index in [0.717, 1.165) is 5.56 Å². The number of hydrogen-bond donors (Lipinski definition) is 2. The molecule has 152 valence electrons. The van der Waals surface area contributed by atoms with Crippen LogP contribution in [0.5, 0.6) is 0 Å². The minimum Gasteiger partial charge on any atom is -0.322 e. The molecule has 2 N–H and O–H groups in total. The monoisotopic (exact) mass is 415 g/mol. The fraction of sp³-hybridized carbons (Fsp3) is 0.250. The molecule has 8 nitrogen and oxygen atoms in total. The van der Waals surface area contributed by atoms with E-state index in [9.17, 15) is 22.8 Å². The summed E-state index contributed by atoms with van der Waals surface area (Å²) in [6, 6.07) is 12.5. The Labute approximate surface area is 169 Å². The number of rotatable bonds is 7. The molecule has 0 unspecified atom stereocenters. The molecule has 0 radical (unpaired) electrons. The highest BCUT2D eigenvalue weighted by Gasteiger charge is 2.28. The maximum absolute atomic E-state index is 12.5. The summed E-state index contributed by atoms with van der Waals surface area (Å²) in [7, 11) is -3.66. The van der Waals surface area contributed by atoms with E-state index in [-0.39, 0.29) is 48.2 Å². The van der Waals surface area contributed by atoms with Gasteiger partial charge < -0.3 is 5.32 Å². The van der Waals surface area contributed by atoms with Gasteiger partial charge in [0.1, 0.15) is 0 Å². The quantitative estimate of drug-likeness (QED) is 0.671. The summed E-state index contributed by atoms with van der Waals surface area (Å²) in [6.07, 6.45) is 0.491. The van der Waals surface area contributed by atoms with Crippen molar-refractivity contribution in [3.63, 3.8) is 0 Å². The standard InChI is InChI=1S/C20H21N3O5S/c1-2-21-29(27,28)17-5-3-4-15(12-17)20(26)22-16-8-6-14(7-9-16)13-23-18(24)10-11-19(23)25/h3-9,12,21H,2,10-11,13H2,1H3,(H,22,26). The molecule has 1 heterocycles. The Bertz CT molecular complexity index is 1030. The van der Waals surface area contributed by atoms with Crippen molar-refractivity contribution in [2.24, 2.45) is 0 Å². The normalized spacial score (nSPS) is 14.3. The first-order chi connectivity index (χ1) is 13.8. The zero-order valence-electron chi connectivity index (χ0n) is 15.8. The maximum Gasteiger partial charge on any atom is 0.255 e. The topological polar surface area (TPSA) is 113 Å². The predicted octanol–water partition coefficient (Wildman–Crippen LogP) is 1.89. The molecule has 0 saturated carbocycles. The van der Waals surface area contributed by atoms with Gasteiger partial charge >= 0.3 is 0 Å². The molecule has 2 aromatic rings. The molecule has 0 bridgehead atoms. The van der Waals surface area contributed by atoms with Gasteiger partial charge in [-0.1, -0.05) is 25.1 Å². The third-order valence-electron chi connectivity index (χ3n) is 4.45. The van der Waals surface area contributed by atoms with Crippen molar-refractivity contribution in [2.45, 2.75) is 31.2 Å². The predicted molar refractivity (Wildman–Crippen MR) is 106 cm³/mol. The summed E-state index contributed by atoms with van der Waals surface area (Å²) in [5, 5.41) is 2.71. The molecule has 0 aromatic heterocycles. The molecular formula is C20H21N3O5S. The molecule has 2 aromatic carbocycles. The molecule has 9 heteroatoms. The number of benzene rings is 2. The van der Waals surface area contributed by atoms with Crippen LogP contribution in [-0.4, -0.2) is 37.6 Å². The summed E-state index contributed by atoms with van der Waals surface area (Å²) in [5.74, 6) is -0.809. The number of carbonyl (C=O) groups excluding carboxylic acids is 3. The van der Waals surface area contributed by atoms with Gasteiger partial charge in [-0.15, -0.1) is 0 Å². The number of likely N-dealkylation sites (tertiary alicyclic amines) is 1. The fourth-order valence-electron chi connectivity index (χ4n) is 2.96. The van der Waals surface area contributed by atoms with E-state index in [4.69, 9.17) is 0 Å². The highest BCUT2D eigenvalue weighted by Crippen LogP contribution is 2.18. The van der Waals surface area contributed by atoms with Gasteiger partial charge in [-0.2, -0.15) is 0 Å². The first-order valence-corrected chi connectivity index (χ1v) is 10.6. The van der Waals surface area contributed by atoms with E-state index in [2.05, 4.69) is 10.0 Å². The molecule has 1 aliphatic rings. The molecule has 0 spiro atoms. The lowest BCUT2D eigenvalue weighted by Gasteiger charge is -2.14. The molecule has 0 atom stereocenters. The second kappa shape index (κ2) is 8.54. The zero-order valence-corrected chi connectivity index (χ0v) is 16.7. The minimum absolute atomic E-state index is 0.0160. The summed E-state index contributed by atoms with van der Waals surface area (Å²) in [5.41, 5.74) is 1.49. The van der Waals surface area contributed by atoms with Gasteiger partial charge in [-0.05, 0) is 35.9 Å². The largest absolute Gasteiger partial charge is 0.322 e. The maximum atomic E-state index is 12.5. The zero-order chi connectivity index (χ0) is 21.0. The lowest BCUT2D eigenvalue weighted by atomic mass is 10.1. The van der Waals surface area contributed by atoms with Crippen molar-refractivity contribution in [3.05, 3.63) is 59.7 Å². The lowest BCUT2D eigenvalue weighted by molar-refractivity contribution is -0.139. The second-order valence-corrected chi connectivity index (χ2v) is 8.32. The van der Waals surface area contributed by atoms with Crippen molar-refractivity contribution in [2.75, 3.05) is 11.9 Å². The molecule has 3 rings (SSSR count). The van der Waals surface area contributed by atoms with Gasteiger partial charge in [-0.25, -0.2) is 13.1 Å². The Kier molecular flexibility index (Phi) is 6.09. The van der Waals surface area contributed by atoms with Crippen LogP contribution in [0.4, 0.5) is 5.69 Å². The minimum atomic E-state index is -3.66. The Balaban J connectivity index is 1.68. The molecule has 29 heavy (non-hydrogen) atoms. The van der Waals surface area contributed by atoms with Gasteiger partial charge in [0.25, 0.3) is 5.91 Å². The number of nitrogens with one attached hydrogen (secondary N) is 2. The Morgan fingerprint density at radius 3 is 2.31 bits per heavy atom. The van der Waals surface area contributed by atoms with E-state index >= 15 is 0 Å². The lowest BCUT2D eigenvalue weighted by Crippen LogP contribution is -2.28. The average molecular weight is 415 g/mol. The van der Waals surface area contributed by atoms with Crippen LogP contribution >= 0.6 is 0 Å². The molecule has 1 aliphatic heterocycles. The van der Waals surface area contributed by atoms with Crippen LogP contribution in [0.2, 0.25) is 0 Å². The van der Waals surface area contributed by atoms with E-state index in [0.29, 0.717) is 5.69 Å². The first-order valence-electron chi connectivity index (χ1n) is 9.13. The van der Waals surface area contributed by atoms with Crippen LogP contribution < -0.4 is 10.0 Å². The number of nitrogens with zero attached hydrogens (tertiary/aromatic N) is 1. The second-order valence-electron chi connectivity index (χ2n) is 6.55. The van der Waals surface area contributed by atoms with Crippen LogP contribution in [0.25, 0.3) is 0 Å². The Morgan fingerprint density at radius 2 is 1.69 bits per heavy atom. The van der Waals surface area contributed by atoms with Crippen LogP contribution in [0, 0.1) is 0 Å². The van der Waals surface area contributed by atoms with Crippen LogP contribution in [0.3, 0.4) is 0 Å². The molecule has 3 amide bonds. The number of carbonyl (C=O) groups is 3. The third kappa shape index (κ3) is 4.87. The molecular weight excluding hydrogens is 394 g/mol. The highest BCUT2D eigenvalue weighted by atomic mass is 32.2. The van der Waals surface area contributed by atoms with E-state index in [1.54, 1.807) is 31.2 Å². The van der Waals surface area contributed by atoms with Crippen molar-refractivity contribution < 1.29 is 22.8 Å². The summed E-state index contributed by atoms with van der Waals surface area (Å²) < 4.78 is 26.6. The van der Waals surface area contributed by atoms with Gasteiger partial charge in [0.2, 0.25) is 21.8 Å². The highest BCUT2D eigenvalue weighted by molar-refractivity contribution is 7.89. The number of hydrogen-bond acceptors (Lipinski definition) is 5. The van der Waals surface area contributed by atoms with Crippen LogP contribution in [-0.2, 0) is 26.2 Å². The summed E-state index contributed by atoms with van der Waals surface area (Å²) in [6.45, 7) is 2.13. The van der Waals surface area contributed by atoms with Crippen molar-refractivity contribution in [1.82, 2.24) is 9.62 Å². The third-order valence-corrected chi connectivity index (χ3v) is 5.99. The number of sulfonamides is 1. The van der Waals surface area contributed by atoms with E-state index in [1.165, 1.54) is 29.2 Å². The van der Waals surface area contributed by atoms with Gasteiger partial charge in [0, 0.05) is 30.6 Å². The SMILES string of the molecule is CCNS(=O)(=O)c1cccc(C(=O)Nc2ccc(CN3C(=O)CCC3=O)cc2)c1. The van der Waals surface area contributed by atoms with Crippen LogP contribution in [0.15, 0.2) is 53.4 Å². The van der Waals surface area contributed by atoms with Crippen molar-refractivity contribution in [1.29, 1.82) is 0 Å². The summed E-state index contributed by atoms with van der Waals surface area (Å²) >= 11 is 0. The van der Waals surface area contributed by atoms with Crippen molar-refractivity contribution in [3.8, 4) is 0 Å². The number of amides is 3. The van der Waals surface area contributed by atoms with Gasteiger partial charge in [0.05, 0.1) is 11.4 Å².